The summed E-state index contributed by atoms with van der Waals surface area (Å²) in [7, 11) is 0. The molecule has 2 aliphatic heterocycles. The van der Waals surface area contributed by atoms with Crippen LogP contribution in [0.3, 0.4) is 0 Å². The Morgan fingerprint density at radius 1 is 1.09 bits per heavy atom. The Balaban J connectivity index is 1.66. The van der Waals surface area contributed by atoms with Gasteiger partial charge in [-0.25, -0.2) is 0 Å². The number of ether oxygens (including phenoxy) is 1. The SMILES string of the molecule is CCCCCC(=O)NCC(=O)NC[C@H]1[C@H](CC=O)[C@@H]2CC[C@H]1O2. The van der Waals surface area contributed by atoms with Gasteiger partial charge in [0.05, 0.1) is 18.8 Å². The molecule has 4 atom stereocenters. The molecule has 6 nitrogen and oxygen atoms in total. The maximum Gasteiger partial charge on any atom is 0.239 e. The van der Waals surface area contributed by atoms with Crippen LogP contribution in [-0.4, -0.2) is 43.4 Å². The second-order valence-corrected chi connectivity index (χ2v) is 6.56. The number of hydrogen-bond donors (Lipinski definition) is 2. The van der Waals surface area contributed by atoms with Crippen LogP contribution in [0.25, 0.3) is 0 Å². The molecule has 0 aromatic heterocycles. The van der Waals surface area contributed by atoms with Gasteiger partial charge in [0.15, 0.2) is 0 Å². The van der Waals surface area contributed by atoms with Gasteiger partial charge in [-0.2, -0.15) is 0 Å². The van der Waals surface area contributed by atoms with Crippen LogP contribution in [0, 0.1) is 11.8 Å². The first-order valence-electron chi connectivity index (χ1n) is 8.78. The molecule has 2 bridgehead atoms. The van der Waals surface area contributed by atoms with Crippen molar-refractivity contribution in [2.75, 3.05) is 13.1 Å². The summed E-state index contributed by atoms with van der Waals surface area (Å²) in [5.74, 6) is 0.176. The first kappa shape index (κ1) is 17.9. The van der Waals surface area contributed by atoms with Gasteiger partial charge < -0.3 is 20.2 Å². The third-order valence-corrected chi connectivity index (χ3v) is 4.95. The highest BCUT2D eigenvalue weighted by atomic mass is 16.5. The zero-order valence-electron chi connectivity index (χ0n) is 13.9. The van der Waals surface area contributed by atoms with Crippen molar-refractivity contribution in [2.45, 2.75) is 64.1 Å². The van der Waals surface area contributed by atoms with E-state index in [1.807, 2.05) is 0 Å². The lowest BCUT2D eigenvalue weighted by Crippen LogP contribution is -2.42. The predicted octanol–water partition coefficient (Wildman–Crippen LogP) is 1.18. The highest BCUT2D eigenvalue weighted by Gasteiger charge is 2.48. The normalized spacial score (nSPS) is 28.6. The number of amides is 2. The Kier molecular flexibility index (Phi) is 7.02. The fraction of sp³-hybridized carbons (Fsp3) is 0.824. The van der Waals surface area contributed by atoms with Gasteiger partial charge in [0, 0.05) is 25.3 Å². The number of nitrogens with one attached hydrogen (secondary N) is 2. The molecule has 2 fully saturated rings. The number of fused-ring (bicyclic) bond motifs is 2. The smallest absolute Gasteiger partial charge is 0.239 e. The first-order valence-corrected chi connectivity index (χ1v) is 8.78. The number of carbonyl (C=O) groups excluding carboxylic acids is 3. The molecule has 130 valence electrons. The lowest BCUT2D eigenvalue weighted by Gasteiger charge is -2.26. The van der Waals surface area contributed by atoms with Gasteiger partial charge in [0.2, 0.25) is 11.8 Å². The van der Waals surface area contributed by atoms with Gasteiger partial charge in [0.25, 0.3) is 0 Å². The molecule has 0 aliphatic carbocycles. The second kappa shape index (κ2) is 9.01. The van der Waals surface area contributed by atoms with Crippen LogP contribution < -0.4 is 10.6 Å². The molecular weight excluding hydrogens is 296 g/mol. The van der Waals surface area contributed by atoms with Crippen molar-refractivity contribution in [1.29, 1.82) is 0 Å². The van der Waals surface area contributed by atoms with Crippen LogP contribution in [0.5, 0.6) is 0 Å². The zero-order chi connectivity index (χ0) is 16.7. The summed E-state index contributed by atoms with van der Waals surface area (Å²) in [6.07, 6.45) is 7.23. The lowest BCUT2D eigenvalue weighted by atomic mass is 9.78. The molecule has 6 heteroatoms. The van der Waals surface area contributed by atoms with E-state index < -0.39 is 0 Å². The minimum atomic E-state index is -0.179. The molecule has 23 heavy (non-hydrogen) atoms. The van der Waals surface area contributed by atoms with E-state index in [1.54, 1.807) is 0 Å². The summed E-state index contributed by atoms with van der Waals surface area (Å²) in [5.41, 5.74) is 0. The first-order chi connectivity index (χ1) is 11.2. The highest BCUT2D eigenvalue weighted by molar-refractivity contribution is 5.84. The second-order valence-electron chi connectivity index (χ2n) is 6.56. The molecular formula is C17H28N2O4. The molecule has 0 saturated carbocycles. The Bertz CT molecular complexity index is 427. The maximum atomic E-state index is 11.9. The minimum Gasteiger partial charge on any atom is -0.374 e. The van der Waals surface area contributed by atoms with Gasteiger partial charge in [-0.3, -0.25) is 9.59 Å². The van der Waals surface area contributed by atoms with Crippen LogP contribution in [-0.2, 0) is 19.1 Å². The molecule has 0 radical (unpaired) electrons. The van der Waals surface area contributed by atoms with Crippen molar-refractivity contribution in [2.24, 2.45) is 11.8 Å². The summed E-state index contributed by atoms with van der Waals surface area (Å²) in [6.45, 7) is 2.62. The quantitative estimate of drug-likeness (QED) is 0.467. The van der Waals surface area contributed by atoms with Crippen LogP contribution in [0.15, 0.2) is 0 Å². The van der Waals surface area contributed by atoms with E-state index in [4.69, 9.17) is 4.74 Å². The molecule has 2 N–H and O–H groups in total. The van der Waals surface area contributed by atoms with Crippen molar-refractivity contribution in [3.63, 3.8) is 0 Å². The van der Waals surface area contributed by atoms with Crippen LogP contribution in [0.4, 0.5) is 0 Å². The largest absolute Gasteiger partial charge is 0.374 e. The molecule has 2 heterocycles. The van der Waals surface area contributed by atoms with Gasteiger partial charge in [-0.05, 0) is 25.2 Å². The molecule has 2 amide bonds. The number of aldehydes is 1. The number of hydrogen-bond acceptors (Lipinski definition) is 4. The van der Waals surface area contributed by atoms with Crippen LogP contribution in [0.2, 0.25) is 0 Å². The third kappa shape index (κ3) is 5.03. The van der Waals surface area contributed by atoms with E-state index >= 15 is 0 Å². The standard InChI is InChI=1S/C17H28N2O4/c1-2-3-4-5-16(21)19-11-17(22)18-10-13-12(8-9-20)14-6-7-15(13)23-14/h9,12-15H,2-8,10-11H2,1H3,(H,18,22)(H,19,21)/t12-,13-,14-,15+/m0/s1. The summed E-state index contributed by atoms with van der Waals surface area (Å²) in [5, 5.41) is 5.52. The Morgan fingerprint density at radius 3 is 2.52 bits per heavy atom. The van der Waals surface area contributed by atoms with E-state index in [2.05, 4.69) is 17.6 Å². The average Bonchev–Trinajstić information content (AvgIpc) is 3.13. The number of unbranched alkanes of at least 4 members (excludes halogenated alkanes) is 2. The molecule has 0 unspecified atom stereocenters. The maximum absolute atomic E-state index is 11.9. The van der Waals surface area contributed by atoms with E-state index in [1.165, 1.54) is 0 Å². The molecule has 0 aromatic carbocycles. The van der Waals surface area contributed by atoms with E-state index in [0.29, 0.717) is 19.4 Å². The Morgan fingerprint density at radius 2 is 1.83 bits per heavy atom. The fourth-order valence-electron chi connectivity index (χ4n) is 3.69. The molecule has 0 aromatic rings. The van der Waals surface area contributed by atoms with Crippen LogP contribution in [0.1, 0.15) is 51.9 Å². The van der Waals surface area contributed by atoms with Crippen molar-refractivity contribution in [3.05, 3.63) is 0 Å². The molecule has 2 rings (SSSR count). The fourth-order valence-corrected chi connectivity index (χ4v) is 3.69. The summed E-state index contributed by atoms with van der Waals surface area (Å²) in [6, 6.07) is 0. The average molecular weight is 324 g/mol. The predicted molar refractivity (Wildman–Crippen MR) is 85.7 cm³/mol. The van der Waals surface area contributed by atoms with Gasteiger partial charge in [-0.15, -0.1) is 0 Å². The van der Waals surface area contributed by atoms with Crippen molar-refractivity contribution in [3.8, 4) is 0 Å². The van der Waals surface area contributed by atoms with Gasteiger partial charge in [0.1, 0.15) is 6.29 Å². The summed E-state index contributed by atoms with van der Waals surface area (Å²) < 4.78 is 5.86. The lowest BCUT2D eigenvalue weighted by molar-refractivity contribution is -0.126. The zero-order valence-corrected chi connectivity index (χ0v) is 13.9. The highest BCUT2D eigenvalue weighted by Crippen LogP contribution is 2.44. The van der Waals surface area contributed by atoms with Crippen molar-refractivity contribution >= 4 is 18.1 Å². The Labute approximate surface area is 137 Å². The number of rotatable bonds is 10. The third-order valence-electron chi connectivity index (χ3n) is 4.95. The van der Waals surface area contributed by atoms with E-state index in [0.717, 1.165) is 38.4 Å². The van der Waals surface area contributed by atoms with Crippen LogP contribution >= 0.6 is 0 Å². The van der Waals surface area contributed by atoms with Gasteiger partial charge in [-0.1, -0.05) is 19.8 Å². The minimum absolute atomic E-state index is 0.0188. The van der Waals surface area contributed by atoms with Gasteiger partial charge >= 0.3 is 0 Å². The monoisotopic (exact) mass is 324 g/mol. The molecule has 0 spiro atoms. The van der Waals surface area contributed by atoms with Crippen molar-refractivity contribution < 1.29 is 19.1 Å². The molecule has 2 saturated heterocycles. The summed E-state index contributed by atoms with van der Waals surface area (Å²) in [4.78, 5) is 34.3. The van der Waals surface area contributed by atoms with E-state index in [-0.39, 0.29) is 42.4 Å². The Hall–Kier alpha value is -1.43. The molecule has 2 aliphatic rings. The summed E-state index contributed by atoms with van der Waals surface area (Å²) >= 11 is 0. The van der Waals surface area contributed by atoms with E-state index in [9.17, 15) is 14.4 Å². The topological polar surface area (TPSA) is 84.5 Å². The number of carbonyl (C=O) groups is 3. The van der Waals surface area contributed by atoms with Crippen molar-refractivity contribution in [1.82, 2.24) is 10.6 Å².